The molecule has 1 heteroatoms. The lowest BCUT2D eigenvalue weighted by molar-refractivity contribution is 0.533. The zero-order chi connectivity index (χ0) is 10.6. The fraction of sp³-hybridized carbons (Fsp3) is 0.538. The van der Waals surface area contributed by atoms with Gasteiger partial charge in [0.25, 0.3) is 0 Å². The van der Waals surface area contributed by atoms with Crippen LogP contribution in [0.25, 0.3) is 0 Å². The topological polar surface area (TPSA) is 12.0 Å². The second-order valence-electron chi connectivity index (χ2n) is 4.12. The van der Waals surface area contributed by atoms with Crippen molar-refractivity contribution in [2.24, 2.45) is 0 Å². The quantitative estimate of drug-likeness (QED) is 0.770. The van der Waals surface area contributed by atoms with E-state index in [9.17, 15) is 0 Å². The van der Waals surface area contributed by atoms with Crippen LogP contribution in [0.4, 0.5) is 0 Å². The molecule has 0 aliphatic heterocycles. The van der Waals surface area contributed by atoms with Crippen molar-refractivity contribution in [1.29, 1.82) is 0 Å². The van der Waals surface area contributed by atoms with Gasteiger partial charge in [0.05, 0.1) is 0 Å². The summed E-state index contributed by atoms with van der Waals surface area (Å²) < 4.78 is 0. The molecular weight excluding hydrogens is 170 g/mol. The van der Waals surface area contributed by atoms with Crippen LogP contribution >= 0.6 is 0 Å². The van der Waals surface area contributed by atoms with Crippen LogP contribution < -0.4 is 5.32 Å². The van der Waals surface area contributed by atoms with Gasteiger partial charge in [0.1, 0.15) is 0 Å². The molecule has 0 fully saturated rings. The first kappa shape index (κ1) is 11.3. The maximum absolute atomic E-state index is 3.51. The normalized spacial score (nSPS) is 12.9. The Morgan fingerprint density at radius 1 is 1.29 bits per heavy atom. The average Bonchev–Trinajstić information content (AvgIpc) is 2.16. The third-order valence-electron chi connectivity index (χ3n) is 2.75. The van der Waals surface area contributed by atoms with Crippen LogP contribution in [0.1, 0.15) is 37.0 Å². The lowest BCUT2D eigenvalue weighted by atomic mass is 10.1. The molecule has 0 aliphatic rings. The number of nitrogens with one attached hydrogen (secondary N) is 1. The summed E-state index contributed by atoms with van der Waals surface area (Å²) >= 11 is 0. The van der Waals surface area contributed by atoms with Gasteiger partial charge >= 0.3 is 0 Å². The van der Waals surface area contributed by atoms with Crippen LogP contribution in [0, 0.1) is 13.8 Å². The predicted molar refractivity (Wildman–Crippen MR) is 62.5 cm³/mol. The van der Waals surface area contributed by atoms with E-state index in [1.165, 1.54) is 23.1 Å². The van der Waals surface area contributed by atoms with Gasteiger partial charge in [0.2, 0.25) is 0 Å². The summed E-state index contributed by atoms with van der Waals surface area (Å²) in [5.41, 5.74) is 4.14. The summed E-state index contributed by atoms with van der Waals surface area (Å²) in [6.07, 6.45) is 1.19. The van der Waals surface area contributed by atoms with Crippen molar-refractivity contribution in [2.75, 3.05) is 0 Å². The van der Waals surface area contributed by atoms with Crippen LogP contribution in [0.2, 0.25) is 0 Å². The van der Waals surface area contributed by atoms with E-state index in [2.05, 4.69) is 51.2 Å². The summed E-state index contributed by atoms with van der Waals surface area (Å²) in [4.78, 5) is 0. The SMILES string of the molecule is CC[C@@H](C)NCc1ccc(C)cc1C. The second-order valence-corrected chi connectivity index (χ2v) is 4.12. The van der Waals surface area contributed by atoms with Gasteiger partial charge < -0.3 is 5.32 Å². The predicted octanol–water partition coefficient (Wildman–Crippen LogP) is 3.19. The Hall–Kier alpha value is -0.820. The van der Waals surface area contributed by atoms with E-state index in [4.69, 9.17) is 0 Å². The van der Waals surface area contributed by atoms with Crippen molar-refractivity contribution in [1.82, 2.24) is 5.32 Å². The van der Waals surface area contributed by atoms with Crippen molar-refractivity contribution in [2.45, 2.75) is 46.7 Å². The molecule has 0 unspecified atom stereocenters. The van der Waals surface area contributed by atoms with Crippen molar-refractivity contribution in [3.05, 3.63) is 34.9 Å². The van der Waals surface area contributed by atoms with E-state index in [-0.39, 0.29) is 0 Å². The van der Waals surface area contributed by atoms with Crippen LogP contribution in [0.3, 0.4) is 0 Å². The van der Waals surface area contributed by atoms with Crippen LogP contribution in [0.5, 0.6) is 0 Å². The van der Waals surface area contributed by atoms with E-state index in [0.717, 1.165) is 6.54 Å². The first-order valence-electron chi connectivity index (χ1n) is 5.43. The molecule has 0 amide bonds. The van der Waals surface area contributed by atoms with Gasteiger partial charge in [-0.25, -0.2) is 0 Å². The number of benzene rings is 1. The molecule has 0 spiro atoms. The fourth-order valence-corrected chi connectivity index (χ4v) is 1.47. The highest BCUT2D eigenvalue weighted by atomic mass is 14.9. The Morgan fingerprint density at radius 3 is 2.57 bits per heavy atom. The Morgan fingerprint density at radius 2 is 2.00 bits per heavy atom. The van der Waals surface area contributed by atoms with Gasteiger partial charge in [0, 0.05) is 12.6 Å². The number of rotatable bonds is 4. The smallest absolute Gasteiger partial charge is 0.0210 e. The van der Waals surface area contributed by atoms with Crippen LogP contribution in [-0.4, -0.2) is 6.04 Å². The monoisotopic (exact) mass is 191 g/mol. The minimum atomic E-state index is 0.607. The Balaban J connectivity index is 2.59. The number of hydrogen-bond donors (Lipinski definition) is 1. The molecule has 1 aromatic rings. The summed E-state index contributed by atoms with van der Waals surface area (Å²) in [6.45, 7) is 9.74. The highest BCUT2D eigenvalue weighted by Crippen LogP contribution is 2.10. The third kappa shape index (κ3) is 3.15. The minimum Gasteiger partial charge on any atom is -0.310 e. The Bertz CT molecular complexity index is 291. The lowest BCUT2D eigenvalue weighted by Gasteiger charge is -2.13. The molecule has 0 aromatic heterocycles. The summed E-state index contributed by atoms with van der Waals surface area (Å²) in [5, 5.41) is 3.51. The van der Waals surface area contributed by atoms with E-state index in [1.807, 2.05) is 0 Å². The van der Waals surface area contributed by atoms with Crippen molar-refractivity contribution < 1.29 is 0 Å². The third-order valence-corrected chi connectivity index (χ3v) is 2.75. The maximum Gasteiger partial charge on any atom is 0.0210 e. The molecule has 78 valence electrons. The molecule has 1 rings (SSSR count). The molecule has 0 bridgehead atoms. The van der Waals surface area contributed by atoms with Gasteiger partial charge in [-0.05, 0) is 38.3 Å². The standard InChI is InChI=1S/C13H21N/c1-5-12(4)14-9-13-7-6-10(2)8-11(13)3/h6-8,12,14H,5,9H2,1-4H3/t12-/m1/s1. The number of aryl methyl sites for hydroxylation is 2. The van der Waals surface area contributed by atoms with Gasteiger partial charge in [-0.1, -0.05) is 30.7 Å². The van der Waals surface area contributed by atoms with E-state index in [0.29, 0.717) is 6.04 Å². The largest absolute Gasteiger partial charge is 0.310 e. The molecule has 0 aliphatic carbocycles. The van der Waals surface area contributed by atoms with Crippen molar-refractivity contribution >= 4 is 0 Å². The van der Waals surface area contributed by atoms with E-state index < -0.39 is 0 Å². The molecule has 0 saturated heterocycles. The Kier molecular flexibility index (Phi) is 4.15. The zero-order valence-corrected chi connectivity index (χ0v) is 9.72. The molecule has 0 saturated carbocycles. The van der Waals surface area contributed by atoms with Crippen LogP contribution in [-0.2, 0) is 6.54 Å². The van der Waals surface area contributed by atoms with Gasteiger partial charge in [0.15, 0.2) is 0 Å². The van der Waals surface area contributed by atoms with Crippen molar-refractivity contribution in [3.63, 3.8) is 0 Å². The van der Waals surface area contributed by atoms with Crippen molar-refractivity contribution in [3.8, 4) is 0 Å². The molecule has 1 N–H and O–H groups in total. The lowest BCUT2D eigenvalue weighted by Crippen LogP contribution is -2.24. The summed E-state index contributed by atoms with van der Waals surface area (Å²) in [6, 6.07) is 7.25. The molecule has 1 aromatic carbocycles. The maximum atomic E-state index is 3.51. The zero-order valence-electron chi connectivity index (χ0n) is 9.72. The summed E-state index contributed by atoms with van der Waals surface area (Å²) in [7, 11) is 0. The molecular formula is C13H21N. The molecule has 0 radical (unpaired) electrons. The van der Waals surface area contributed by atoms with E-state index in [1.54, 1.807) is 0 Å². The Labute approximate surface area is 87.5 Å². The number of hydrogen-bond acceptors (Lipinski definition) is 1. The first-order valence-corrected chi connectivity index (χ1v) is 5.43. The molecule has 14 heavy (non-hydrogen) atoms. The fourth-order valence-electron chi connectivity index (χ4n) is 1.47. The molecule has 0 heterocycles. The molecule has 1 atom stereocenters. The van der Waals surface area contributed by atoms with Gasteiger partial charge in [-0.3, -0.25) is 0 Å². The van der Waals surface area contributed by atoms with E-state index >= 15 is 0 Å². The van der Waals surface area contributed by atoms with Gasteiger partial charge in [-0.2, -0.15) is 0 Å². The second kappa shape index (κ2) is 5.16. The molecule has 1 nitrogen and oxygen atoms in total. The van der Waals surface area contributed by atoms with Gasteiger partial charge in [-0.15, -0.1) is 0 Å². The average molecular weight is 191 g/mol. The van der Waals surface area contributed by atoms with Crippen LogP contribution in [0.15, 0.2) is 18.2 Å². The minimum absolute atomic E-state index is 0.607. The first-order chi connectivity index (χ1) is 6.63. The highest BCUT2D eigenvalue weighted by Gasteiger charge is 2.00. The highest BCUT2D eigenvalue weighted by molar-refractivity contribution is 5.30. The summed E-state index contributed by atoms with van der Waals surface area (Å²) in [5.74, 6) is 0.